The lowest BCUT2D eigenvalue weighted by atomic mass is 9.98. The maximum Gasteiger partial charge on any atom is 0.401 e. The zero-order valence-corrected chi connectivity index (χ0v) is 7.55. The van der Waals surface area contributed by atoms with Crippen molar-refractivity contribution in [2.45, 2.75) is 31.5 Å². The van der Waals surface area contributed by atoms with Gasteiger partial charge in [0, 0.05) is 19.0 Å². The molecule has 0 amide bonds. The number of carbonyl (C=O) groups is 1. The Morgan fingerprint density at radius 3 is 2.50 bits per heavy atom. The number of rotatable bonds is 4. The second-order valence-electron chi connectivity index (χ2n) is 3.46. The van der Waals surface area contributed by atoms with Crippen molar-refractivity contribution in [2.75, 3.05) is 13.1 Å². The van der Waals surface area contributed by atoms with Crippen molar-refractivity contribution in [2.24, 2.45) is 0 Å². The highest BCUT2D eigenvalue weighted by Gasteiger charge is 2.37. The number of halogens is 3. The van der Waals surface area contributed by atoms with E-state index < -0.39 is 18.7 Å². The first-order valence-corrected chi connectivity index (χ1v) is 4.41. The predicted molar refractivity (Wildman–Crippen MR) is 42.9 cm³/mol. The monoisotopic (exact) mass is 211 g/mol. The summed E-state index contributed by atoms with van der Waals surface area (Å²) in [6.07, 6.45) is -3.25. The van der Waals surface area contributed by atoms with Crippen LogP contribution in [0.15, 0.2) is 0 Å². The SMILES string of the molecule is O=C(O)CCC1CCN1CC(F)(F)F. The van der Waals surface area contributed by atoms with Crippen molar-refractivity contribution in [3.63, 3.8) is 0 Å². The molecular formula is C8H12F3NO2. The first-order chi connectivity index (χ1) is 6.38. The molecule has 1 aliphatic heterocycles. The van der Waals surface area contributed by atoms with Crippen LogP contribution >= 0.6 is 0 Å². The van der Waals surface area contributed by atoms with Crippen LogP contribution in [0.25, 0.3) is 0 Å². The summed E-state index contributed by atoms with van der Waals surface area (Å²) in [6, 6.07) is -0.201. The molecule has 82 valence electrons. The number of hydrogen-bond donors (Lipinski definition) is 1. The number of nitrogens with zero attached hydrogens (tertiary/aromatic N) is 1. The Hall–Kier alpha value is -0.780. The topological polar surface area (TPSA) is 40.5 Å². The molecule has 0 spiro atoms. The van der Waals surface area contributed by atoms with Crippen LogP contribution in [-0.4, -0.2) is 41.3 Å². The van der Waals surface area contributed by atoms with E-state index in [1.807, 2.05) is 0 Å². The lowest BCUT2D eigenvalue weighted by molar-refractivity contribution is -0.162. The van der Waals surface area contributed by atoms with E-state index >= 15 is 0 Å². The fourth-order valence-corrected chi connectivity index (χ4v) is 1.55. The van der Waals surface area contributed by atoms with Crippen molar-refractivity contribution in [1.29, 1.82) is 0 Å². The number of hydrogen-bond acceptors (Lipinski definition) is 2. The molecule has 1 rings (SSSR count). The Balaban J connectivity index is 2.25. The minimum Gasteiger partial charge on any atom is -0.481 e. The summed E-state index contributed by atoms with van der Waals surface area (Å²) in [5.74, 6) is -0.955. The molecule has 1 saturated heterocycles. The van der Waals surface area contributed by atoms with Gasteiger partial charge in [-0.15, -0.1) is 0 Å². The third kappa shape index (κ3) is 3.53. The summed E-state index contributed by atoms with van der Waals surface area (Å²) in [5, 5.41) is 8.36. The van der Waals surface area contributed by atoms with Crippen molar-refractivity contribution in [1.82, 2.24) is 4.90 Å². The van der Waals surface area contributed by atoms with Gasteiger partial charge in [-0.1, -0.05) is 0 Å². The summed E-state index contributed by atoms with van der Waals surface area (Å²) in [5.41, 5.74) is 0. The molecule has 1 fully saturated rings. The molecule has 14 heavy (non-hydrogen) atoms. The van der Waals surface area contributed by atoms with Gasteiger partial charge in [-0.2, -0.15) is 13.2 Å². The van der Waals surface area contributed by atoms with E-state index in [4.69, 9.17) is 5.11 Å². The van der Waals surface area contributed by atoms with E-state index in [2.05, 4.69) is 0 Å². The predicted octanol–water partition coefficient (Wildman–Crippen LogP) is 1.49. The molecule has 1 aliphatic rings. The third-order valence-corrected chi connectivity index (χ3v) is 2.34. The average molecular weight is 211 g/mol. The Morgan fingerprint density at radius 2 is 2.14 bits per heavy atom. The molecule has 1 atom stereocenters. The van der Waals surface area contributed by atoms with E-state index in [1.54, 1.807) is 0 Å². The van der Waals surface area contributed by atoms with Crippen LogP contribution in [0, 0.1) is 0 Å². The standard InChI is InChI=1S/C8H12F3NO2/c9-8(10,11)5-12-4-3-6(12)1-2-7(13)14/h6H,1-5H2,(H,13,14). The maximum absolute atomic E-state index is 11.9. The van der Waals surface area contributed by atoms with Crippen LogP contribution in [0.5, 0.6) is 0 Å². The quantitative estimate of drug-likeness (QED) is 0.765. The fraction of sp³-hybridized carbons (Fsp3) is 0.875. The zero-order valence-electron chi connectivity index (χ0n) is 7.55. The van der Waals surface area contributed by atoms with E-state index in [0.29, 0.717) is 19.4 Å². The summed E-state index contributed by atoms with van der Waals surface area (Å²) in [7, 11) is 0. The molecule has 0 aromatic rings. The van der Waals surface area contributed by atoms with Gasteiger partial charge >= 0.3 is 12.1 Å². The third-order valence-electron chi connectivity index (χ3n) is 2.34. The van der Waals surface area contributed by atoms with Crippen LogP contribution in [0.4, 0.5) is 13.2 Å². The highest BCUT2D eigenvalue weighted by molar-refractivity contribution is 5.66. The molecule has 1 N–H and O–H groups in total. The fourth-order valence-electron chi connectivity index (χ4n) is 1.55. The van der Waals surface area contributed by atoms with Gasteiger partial charge in [-0.3, -0.25) is 9.69 Å². The molecule has 3 nitrogen and oxygen atoms in total. The number of likely N-dealkylation sites (tertiary alicyclic amines) is 1. The van der Waals surface area contributed by atoms with Crippen LogP contribution in [0.3, 0.4) is 0 Å². The lowest BCUT2D eigenvalue weighted by Crippen LogP contribution is -2.51. The minimum absolute atomic E-state index is 0.0565. The largest absolute Gasteiger partial charge is 0.481 e. The first kappa shape index (κ1) is 11.3. The average Bonchev–Trinajstić information content (AvgIpc) is 1.96. The minimum atomic E-state index is -4.18. The number of aliphatic carboxylic acids is 1. The van der Waals surface area contributed by atoms with Gasteiger partial charge in [0.15, 0.2) is 0 Å². The van der Waals surface area contributed by atoms with Crippen LogP contribution in [0.2, 0.25) is 0 Å². The Morgan fingerprint density at radius 1 is 1.50 bits per heavy atom. The summed E-state index contributed by atoms with van der Waals surface area (Å²) < 4.78 is 35.8. The Labute approximate surface area is 79.5 Å². The summed E-state index contributed by atoms with van der Waals surface area (Å²) >= 11 is 0. The molecule has 1 unspecified atom stereocenters. The molecule has 1 heterocycles. The van der Waals surface area contributed by atoms with E-state index in [1.165, 1.54) is 4.90 Å². The van der Waals surface area contributed by atoms with Gasteiger partial charge in [0.2, 0.25) is 0 Å². The number of alkyl halides is 3. The number of carboxylic acid groups (broad SMARTS) is 1. The van der Waals surface area contributed by atoms with Gasteiger partial charge in [0.05, 0.1) is 6.54 Å². The van der Waals surface area contributed by atoms with Gasteiger partial charge in [-0.25, -0.2) is 0 Å². The van der Waals surface area contributed by atoms with Crippen LogP contribution in [0.1, 0.15) is 19.3 Å². The van der Waals surface area contributed by atoms with Crippen LogP contribution in [-0.2, 0) is 4.79 Å². The molecule has 0 aromatic carbocycles. The van der Waals surface area contributed by atoms with Crippen molar-refractivity contribution in [3.05, 3.63) is 0 Å². The molecular weight excluding hydrogens is 199 g/mol. The highest BCUT2D eigenvalue weighted by atomic mass is 19.4. The molecule has 0 aromatic heterocycles. The highest BCUT2D eigenvalue weighted by Crippen LogP contribution is 2.26. The first-order valence-electron chi connectivity index (χ1n) is 4.41. The molecule has 0 aliphatic carbocycles. The Bertz CT molecular complexity index is 217. The van der Waals surface area contributed by atoms with Gasteiger partial charge < -0.3 is 5.11 Å². The Kier molecular flexibility index (Phi) is 3.36. The van der Waals surface area contributed by atoms with Gasteiger partial charge in [-0.05, 0) is 12.8 Å². The van der Waals surface area contributed by atoms with Crippen LogP contribution < -0.4 is 0 Å². The normalized spacial score (nSPS) is 23.2. The second kappa shape index (κ2) is 4.16. The smallest absolute Gasteiger partial charge is 0.401 e. The van der Waals surface area contributed by atoms with Gasteiger partial charge in [0.25, 0.3) is 0 Å². The lowest BCUT2D eigenvalue weighted by Gasteiger charge is -2.41. The maximum atomic E-state index is 11.9. The van der Waals surface area contributed by atoms with Crippen molar-refractivity contribution >= 4 is 5.97 Å². The van der Waals surface area contributed by atoms with E-state index in [0.717, 1.165) is 0 Å². The van der Waals surface area contributed by atoms with Crippen molar-refractivity contribution < 1.29 is 23.1 Å². The summed E-state index contributed by atoms with van der Waals surface area (Å²) in [4.78, 5) is 11.5. The number of carboxylic acids is 1. The second-order valence-corrected chi connectivity index (χ2v) is 3.46. The molecule has 0 saturated carbocycles. The summed E-state index contributed by atoms with van der Waals surface area (Å²) in [6.45, 7) is -0.499. The zero-order chi connectivity index (χ0) is 10.8. The van der Waals surface area contributed by atoms with Crippen molar-refractivity contribution in [3.8, 4) is 0 Å². The molecule has 0 radical (unpaired) electrons. The van der Waals surface area contributed by atoms with E-state index in [-0.39, 0.29) is 12.5 Å². The van der Waals surface area contributed by atoms with E-state index in [9.17, 15) is 18.0 Å². The molecule has 6 heteroatoms. The van der Waals surface area contributed by atoms with Gasteiger partial charge in [0.1, 0.15) is 0 Å². The molecule has 0 bridgehead atoms.